The quantitative estimate of drug-likeness (QED) is 0.623. The molecule has 104 valence electrons. The van der Waals surface area contributed by atoms with Gasteiger partial charge in [-0.3, -0.25) is 9.59 Å². The molecule has 0 radical (unpaired) electrons. The summed E-state index contributed by atoms with van der Waals surface area (Å²) in [5.74, 6) is -1.23. The van der Waals surface area contributed by atoms with E-state index in [0.717, 1.165) is 30.2 Å². The van der Waals surface area contributed by atoms with E-state index in [2.05, 4.69) is 33.5 Å². The summed E-state index contributed by atoms with van der Waals surface area (Å²) in [7, 11) is 0. The third-order valence-corrected chi connectivity index (χ3v) is 3.34. The van der Waals surface area contributed by atoms with E-state index in [0.29, 0.717) is 12.2 Å². The van der Waals surface area contributed by atoms with Crippen LogP contribution in [0.1, 0.15) is 32.6 Å². The number of rotatable bonds is 6. The maximum absolute atomic E-state index is 11.6. The predicted molar refractivity (Wildman–Crippen MR) is 79.9 cm³/mol. The first-order valence-electron chi connectivity index (χ1n) is 6.49. The maximum Gasteiger partial charge on any atom is 0.313 e. The summed E-state index contributed by atoms with van der Waals surface area (Å²) in [6.07, 6.45) is 4.28. The first-order valence-corrected chi connectivity index (χ1v) is 7.28. The summed E-state index contributed by atoms with van der Waals surface area (Å²) in [5, 5.41) is 5.18. The van der Waals surface area contributed by atoms with Crippen molar-refractivity contribution in [2.24, 2.45) is 0 Å². The number of para-hydroxylation sites is 1. The molecule has 0 heterocycles. The minimum Gasteiger partial charge on any atom is -0.348 e. The SMILES string of the molecule is CCCCCCNC(=O)C(=O)Nc1ccccc1Br. The van der Waals surface area contributed by atoms with Crippen LogP contribution < -0.4 is 10.6 Å². The van der Waals surface area contributed by atoms with Crippen LogP contribution in [0, 0.1) is 0 Å². The van der Waals surface area contributed by atoms with Gasteiger partial charge in [0, 0.05) is 11.0 Å². The monoisotopic (exact) mass is 326 g/mol. The van der Waals surface area contributed by atoms with Crippen molar-refractivity contribution in [2.45, 2.75) is 32.6 Å². The lowest BCUT2D eigenvalue weighted by Crippen LogP contribution is -2.35. The van der Waals surface area contributed by atoms with Crippen LogP contribution in [-0.2, 0) is 9.59 Å². The highest BCUT2D eigenvalue weighted by molar-refractivity contribution is 9.10. The molecule has 4 nitrogen and oxygen atoms in total. The molecular weight excluding hydrogens is 308 g/mol. The second-order valence-corrected chi connectivity index (χ2v) is 5.10. The van der Waals surface area contributed by atoms with Gasteiger partial charge in [-0.25, -0.2) is 0 Å². The molecule has 0 fully saturated rings. The minimum absolute atomic E-state index is 0.544. The summed E-state index contributed by atoms with van der Waals surface area (Å²) in [6.45, 7) is 2.67. The molecule has 0 spiro atoms. The van der Waals surface area contributed by atoms with E-state index in [9.17, 15) is 9.59 Å². The molecule has 0 bridgehead atoms. The number of anilines is 1. The Morgan fingerprint density at radius 2 is 1.84 bits per heavy atom. The first-order chi connectivity index (χ1) is 9.15. The van der Waals surface area contributed by atoms with Crippen molar-refractivity contribution in [3.05, 3.63) is 28.7 Å². The summed E-state index contributed by atoms with van der Waals surface area (Å²) in [6, 6.07) is 7.17. The number of amides is 2. The van der Waals surface area contributed by atoms with Crippen molar-refractivity contribution in [1.82, 2.24) is 5.32 Å². The van der Waals surface area contributed by atoms with E-state index in [-0.39, 0.29) is 0 Å². The molecule has 1 rings (SSSR count). The molecule has 2 amide bonds. The standard InChI is InChI=1S/C14H19BrN2O2/c1-2-3-4-7-10-16-13(18)14(19)17-12-9-6-5-8-11(12)15/h5-6,8-9H,2-4,7,10H2,1H3,(H,16,18)(H,17,19). The second kappa shape index (κ2) is 8.69. The lowest BCUT2D eigenvalue weighted by molar-refractivity contribution is -0.136. The van der Waals surface area contributed by atoms with Gasteiger partial charge in [0.25, 0.3) is 0 Å². The van der Waals surface area contributed by atoms with E-state index in [1.807, 2.05) is 6.07 Å². The molecule has 5 heteroatoms. The highest BCUT2D eigenvalue weighted by Gasteiger charge is 2.13. The van der Waals surface area contributed by atoms with Gasteiger partial charge >= 0.3 is 11.8 Å². The average Bonchev–Trinajstić information content (AvgIpc) is 2.41. The number of hydrogen-bond acceptors (Lipinski definition) is 2. The smallest absolute Gasteiger partial charge is 0.313 e. The van der Waals surface area contributed by atoms with E-state index < -0.39 is 11.8 Å². The number of carbonyl (C=O) groups is 2. The van der Waals surface area contributed by atoms with Crippen LogP contribution in [0.25, 0.3) is 0 Å². The normalized spacial score (nSPS) is 10.0. The van der Waals surface area contributed by atoms with Crippen molar-refractivity contribution >= 4 is 33.4 Å². The number of halogens is 1. The zero-order chi connectivity index (χ0) is 14.1. The Morgan fingerprint density at radius 1 is 1.11 bits per heavy atom. The molecule has 19 heavy (non-hydrogen) atoms. The lowest BCUT2D eigenvalue weighted by Gasteiger charge is -2.07. The number of carbonyl (C=O) groups excluding carboxylic acids is 2. The molecule has 0 unspecified atom stereocenters. The van der Waals surface area contributed by atoms with Crippen LogP contribution in [0.5, 0.6) is 0 Å². The first kappa shape index (κ1) is 15.7. The molecule has 1 aromatic rings. The van der Waals surface area contributed by atoms with E-state index in [4.69, 9.17) is 0 Å². The van der Waals surface area contributed by atoms with Gasteiger partial charge in [-0.2, -0.15) is 0 Å². The number of nitrogens with one attached hydrogen (secondary N) is 2. The molecule has 0 saturated heterocycles. The van der Waals surface area contributed by atoms with Crippen LogP contribution in [0.15, 0.2) is 28.7 Å². The Labute approximate surface area is 122 Å². The molecule has 2 N–H and O–H groups in total. The summed E-state index contributed by atoms with van der Waals surface area (Å²) >= 11 is 3.31. The van der Waals surface area contributed by atoms with Crippen LogP contribution in [0.3, 0.4) is 0 Å². The van der Waals surface area contributed by atoms with Crippen LogP contribution in [0.2, 0.25) is 0 Å². The molecule has 0 aliphatic rings. The van der Waals surface area contributed by atoms with Gasteiger partial charge in [-0.15, -0.1) is 0 Å². The minimum atomic E-state index is -0.637. The summed E-state index contributed by atoms with van der Waals surface area (Å²) in [4.78, 5) is 23.2. The van der Waals surface area contributed by atoms with Crippen molar-refractivity contribution < 1.29 is 9.59 Å². The maximum atomic E-state index is 11.6. The van der Waals surface area contributed by atoms with Crippen molar-refractivity contribution in [3.63, 3.8) is 0 Å². The number of benzene rings is 1. The Balaban J connectivity index is 2.33. The summed E-state index contributed by atoms with van der Waals surface area (Å²) in [5.41, 5.74) is 0.591. The molecular formula is C14H19BrN2O2. The van der Waals surface area contributed by atoms with Gasteiger partial charge in [0.15, 0.2) is 0 Å². The van der Waals surface area contributed by atoms with E-state index in [1.165, 1.54) is 0 Å². The largest absolute Gasteiger partial charge is 0.348 e. The Morgan fingerprint density at radius 3 is 2.53 bits per heavy atom. The van der Waals surface area contributed by atoms with Crippen LogP contribution in [-0.4, -0.2) is 18.4 Å². The number of unbranched alkanes of at least 4 members (excludes halogenated alkanes) is 3. The molecule has 0 saturated carbocycles. The van der Waals surface area contributed by atoms with Crippen molar-refractivity contribution in [3.8, 4) is 0 Å². The van der Waals surface area contributed by atoms with Gasteiger partial charge in [0.2, 0.25) is 0 Å². The van der Waals surface area contributed by atoms with Gasteiger partial charge < -0.3 is 10.6 Å². The second-order valence-electron chi connectivity index (χ2n) is 4.25. The highest BCUT2D eigenvalue weighted by Crippen LogP contribution is 2.20. The molecule has 0 atom stereocenters. The van der Waals surface area contributed by atoms with E-state index in [1.54, 1.807) is 18.2 Å². The molecule has 0 aliphatic heterocycles. The van der Waals surface area contributed by atoms with Gasteiger partial charge in [0.05, 0.1) is 5.69 Å². The third kappa shape index (κ3) is 5.87. The van der Waals surface area contributed by atoms with Crippen molar-refractivity contribution in [2.75, 3.05) is 11.9 Å². The van der Waals surface area contributed by atoms with Crippen LogP contribution >= 0.6 is 15.9 Å². The molecule has 0 aromatic heterocycles. The fourth-order valence-electron chi connectivity index (χ4n) is 1.58. The third-order valence-electron chi connectivity index (χ3n) is 2.64. The fourth-order valence-corrected chi connectivity index (χ4v) is 1.96. The zero-order valence-electron chi connectivity index (χ0n) is 11.0. The average molecular weight is 327 g/mol. The van der Waals surface area contributed by atoms with Gasteiger partial charge in [-0.1, -0.05) is 38.3 Å². The zero-order valence-corrected chi connectivity index (χ0v) is 12.6. The summed E-state index contributed by atoms with van der Waals surface area (Å²) < 4.78 is 0.749. The van der Waals surface area contributed by atoms with Crippen molar-refractivity contribution in [1.29, 1.82) is 0 Å². The van der Waals surface area contributed by atoms with Crippen LogP contribution in [0.4, 0.5) is 5.69 Å². The predicted octanol–water partition coefficient (Wildman–Crippen LogP) is 3.08. The topological polar surface area (TPSA) is 58.2 Å². The van der Waals surface area contributed by atoms with Gasteiger partial charge in [-0.05, 0) is 34.5 Å². The lowest BCUT2D eigenvalue weighted by atomic mass is 10.2. The van der Waals surface area contributed by atoms with Gasteiger partial charge in [0.1, 0.15) is 0 Å². The Bertz CT molecular complexity index is 435. The Hall–Kier alpha value is -1.36. The van der Waals surface area contributed by atoms with E-state index >= 15 is 0 Å². The highest BCUT2D eigenvalue weighted by atomic mass is 79.9. The number of hydrogen-bond donors (Lipinski definition) is 2. The Kier molecular flexibility index (Phi) is 7.18. The molecule has 0 aliphatic carbocycles. The molecule has 1 aromatic carbocycles. The fraction of sp³-hybridized carbons (Fsp3) is 0.429.